The van der Waals surface area contributed by atoms with Crippen LogP contribution in [0.5, 0.6) is 11.5 Å². The van der Waals surface area contributed by atoms with Gasteiger partial charge in [-0.1, -0.05) is 6.07 Å². The number of H-pyrrole nitrogens is 1. The minimum absolute atomic E-state index is 0.649. The molecule has 120 valence electrons. The molecule has 3 aromatic heterocycles. The summed E-state index contributed by atoms with van der Waals surface area (Å²) in [5.41, 5.74) is 4.15. The molecule has 0 saturated carbocycles. The molecule has 0 aliphatic carbocycles. The zero-order chi connectivity index (χ0) is 16.7. The monoisotopic (exact) mass is 320 g/mol. The number of fused-ring (bicyclic) bond motifs is 3. The Hall–Kier alpha value is -3.15. The highest BCUT2D eigenvalue weighted by Crippen LogP contribution is 2.38. The Morgan fingerprint density at radius 1 is 0.958 bits per heavy atom. The maximum atomic E-state index is 5.45. The van der Waals surface area contributed by atoms with Crippen molar-refractivity contribution in [2.24, 2.45) is 0 Å². The molecule has 0 aliphatic rings. The van der Waals surface area contributed by atoms with Gasteiger partial charge in [-0.25, -0.2) is 4.98 Å². The van der Waals surface area contributed by atoms with Gasteiger partial charge in [0, 0.05) is 17.0 Å². The number of aromatic amines is 1. The van der Waals surface area contributed by atoms with E-state index in [9.17, 15) is 0 Å². The molecule has 6 nitrogen and oxygen atoms in total. The summed E-state index contributed by atoms with van der Waals surface area (Å²) in [6.07, 6.45) is 1.76. The zero-order valence-electron chi connectivity index (χ0n) is 13.6. The van der Waals surface area contributed by atoms with Crippen molar-refractivity contribution in [1.82, 2.24) is 20.2 Å². The van der Waals surface area contributed by atoms with E-state index in [4.69, 9.17) is 14.5 Å². The molecule has 0 atom stereocenters. The first kappa shape index (κ1) is 14.4. The van der Waals surface area contributed by atoms with E-state index in [1.807, 2.05) is 37.3 Å². The summed E-state index contributed by atoms with van der Waals surface area (Å²) in [6, 6.07) is 9.64. The van der Waals surface area contributed by atoms with E-state index in [0.29, 0.717) is 11.5 Å². The fourth-order valence-electron chi connectivity index (χ4n) is 2.89. The third kappa shape index (κ3) is 2.07. The topological polar surface area (TPSA) is 72.9 Å². The molecule has 0 bridgehead atoms. The second-order valence-corrected chi connectivity index (χ2v) is 5.47. The summed E-state index contributed by atoms with van der Waals surface area (Å²) in [5, 5.41) is 9.28. The maximum Gasteiger partial charge on any atom is 0.161 e. The van der Waals surface area contributed by atoms with Crippen molar-refractivity contribution in [3.05, 3.63) is 42.2 Å². The smallest absolute Gasteiger partial charge is 0.161 e. The van der Waals surface area contributed by atoms with Crippen molar-refractivity contribution in [3.8, 4) is 22.9 Å². The first-order valence-corrected chi connectivity index (χ1v) is 7.54. The number of benzene rings is 1. The molecular weight excluding hydrogens is 304 g/mol. The fraction of sp³-hybridized carbons (Fsp3) is 0.167. The number of pyridine rings is 2. The number of hydrogen-bond acceptors (Lipinski definition) is 5. The number of aromatic nitrogens is 4. The summed E-state index contributed by atoms with van der Waals surface area (Å²) in [5.74, 6) is 1.31. The number of rotatable bonds is 3. The predicted octanol–water partition coefficient (Wildman–Crippen LogP) is 3.50. The van der Waals surface area contributed by atoms with Crippen LogP contribution in [0.25, 0.3) is 33.2 Å². The van der Waals surface area contributed by atoms with Crippen LogP contribution in [0.15, 0.2) is 36.5 Å². The van der Waals surface area contributed by atoms with Crippen molar-refractivity contribution in [1.29, 1.82) is 0 Å². The highest BCUT2D eigenvalue weighted by molar-refractivity contribution is 6.10. The molecule has 0 radical (unpaired) electrons. The van der Waals surface area contributed by atoms with Gasteiger partial charge in [-0.15, -0.1) is 0 Å². The average Bonchev–Trinajstić information content (AvgIpc) is 3.01. The first-order valence-electron chi connectivity index (χ1n) is 7.54. The molecule has 1 N–H and O–H groups in total. The second kappa shape index (κ2) is 5.49. The lowest BCUT2D eigenvalue weighted by Crippen LogP contribution is -1.95. The summed E-state index contributed by atoms with van der Waals surface area (Å²) >= 11 is 0. The Bertz CT molecular complexity index is 1040. The van der Waals surface area contributed by atoms with Gasteiger partial charge in [-0.3, -0.25) is 10.1 Å². The van der Waals surface area contributed by atoms with Gasteiger partial charge in [-0.2, -0.15) is 5.10 Å². The number of hydrogen-bond donors (Lipinski definition) is 1. The van der Waals surface area contributed by atoms with E-state index >= 15 is 0 Å². The summed E-state index contributed by atoms with van der Waals surface area (Å²) in [4.78, 5) is 9.26. The lowest BCUT2D eigenvalue weighted by atomic mass is 10.0. The van der Waals surface area contributed by atoms with Gasteiger partial charge in [0.25, 0.3) is 0 Å². The lowest BCUT2D eigenvalue weighted by molar-refractivity contribution is 0.356. The van der Waals surface area contributed by atoms with Gasteiger partial charge < -0.3 is 9.47 Å². The molecule has 0 amide bonds. The van der Waals surface area contributed by atoms with Crippen LogP contribution in [-0.2, 0) is 0 Å². The van der Waals surface area contributed by atoms with Gasteiger partial charge in [0.05, 0.1) is 31.3 Å². The molecule has 4 aromatic rings. The van der Waals surface area contributed by atoms with Crippen LogP contribution in [0.4, 0.5) is 0 Å². The van der Waals surface area contributed by atoms with E-state index < -0.39 is 0 Å². The third-order valence-corrected chi connectivity index (χ3v) is 4.08. The Labute approximate surface area is 138 Å². The molecule has 0 unspecified atom stereocenters. The van der Waals surface area contributed by atoms with E-state index in [-0.39, 0.29) is 0 Å². The van der Waals surface area contributed by atoms with E-state index in [1.165, 1.54) is 0 Å². The summed E-state index contributed by atoms with van der Waals surface area (Å²) in [6.45, 7) is 1.96. The Morgan fingerprint density at radius 3 is 2.38 bits per heavy atom. The van der Waals surface area contributed by atoms with Crippen molar-refractivity contribution in [2.45, 2.75) is 6.92 Å². The fourth-order valence-corrected chi connectivity index (χ4v) is 2.89. The molecule has 24 heavy (non-hydrogen) atoms. The Balaban J connectivity index is 2.18. The number of aryl methyl sites for hydroxylation is 1. The van der Waals surface area contributed by atoms with E-state index in [2.05, 4.69) is 15.2 Å². The van der Waals surface area contributed by atoms with Crippen LogP contribution in [0.3, 0.4) is 0 Å². The number of ether oxygens (including phenoxy) is 2. The van der Waals surface area contributed by atoms with Gasteiger partial charge in [0.2, 0.25) is 0 Å². The number of nitrogens with zero attached hydrogens (tertiary/aromatic N) is 3. The second-order valence-electron chi connectivity index (χ2n) is 5.47. The molecule has 1 aromatic carbocycles. The number of methoxy groups -OCH3 is 2. The molecule has 6 heteroatoms. The highest BCUT2D eigenvalue weighted by atomic mass is 16.5. The first-order chi connectivity index (χ1) is 11.7. The van der Waals surface area contributed by atoms with E-state index in [0.717, 1.165) is 38.9 Å². The molecule has 0 saturated heterocycles. The number of nitrogens with one attached hydrogen (secondary N) is 1. The van der Waals surface area contributed by atoms with Crippen LogP contribution in [0, 0.1) is 6.92 Å². The standard InChI is InChI=1S/C18H16N4O2/c1-10-16-18(22-21-10)12-9-15(24-3)14(23-2)8-11(12)17(20-16)13-6-4-5-7-19-13/h4-9H,1-3H3,(H,21,22). The maximum absolute atomic E-state index is 5.45. The Morgan fingerprint density at radius 2 is 1.71 bits per heavy atom. The van der Waals surface area contributed by atoms with Gasteiger partial charge in [-0.05, 0) is 31.2 Å². The third-order valence-electron chi connectivity index (χ3n) is 4.08. The molecule has 3 heterocycles. The zero-order valence-corrected chi connectivity index (χ0v) is 13.6. The van der Waals surface area contributed by atoms with Crippen LogP contribution in [0.2, 0.25) is 0 Å². The van der Waals surface area contributed by atoms with Crippen LogP contribution in [-0.4, -0.2) is 34.4 Å². The normalized spacial score (nSPS) is 11.1. The van der Waals surface area contributed by atoms with E-state index in [1.54, 1.807) is 20.4 Å². The average molecular weight is 320 g/mol. The minimum Gasteiger partial charge on any atom is -0.493 e. The van der Waals surface area contributed by atoms with Crippen molar-refractivity contribution in [2.75, 3.05) is 14.2 Å². The van der Waals surface area contributed by atoms with Crippen LogP contribution in [0.1, 0.15) is 5.69 Å². The van der Waals surface area contributed by atoms with Crippen molar-refractivity contribution < 1.29 is 9.47 Å². The molecule has 4 rings (SSSR count). The molecule has 0 fully saturated rings. The highest BCUT2D eigenvalue weighted by Gasteiger charge is 2.17. The largest absolute Gasteiger partial charge is 0.493 e. The van der Waals surface area contributed by atoms with Gasteiger partial charge in [0.15, 0.2) is 11.5 Å². The quantitative estimate of drug-likeness (QED) is 0.625. The lowest BCUT2D eigenvalue weighted by Gasteiger charge is -2.12. The predicted molar refractivity (Wildman–Crippen MR) is 92.5 cm³/mol. The Kier molecular flexibility index (Phi) is 3.30. The van der Waals surface area contributed by atoms with Gasteiger partial charge >= 0.3 is 0 Å². The van der Waals surface area contributed by atoms with Crippen LogP contribution >= 0.6 is 0 Å². The summed E-state index contributed by atoms with van der Waals surface area (Å²) in [7, 11) is 3.24. The summed E-state index contributed by atoms with van der Waals surface area (Å²) < 4.78 is 10.9. The van der Waals surface area contributed by atoms with Crippen LogP contribution < -0.4 is 9.47 Å². The molecular formula is C18H16N4O2. The molecule has 0 spiro atoms. The van der Waals surface area contributed by atoms with Crippen molar-refractivity contribution in [3.63, 3.8) is 0 Å². The van der Waals surface area contributed by atoms with Gasteiger partial charge in [0.1, 0.15) is 11.0 Å². The van der Waals surface area contributed by atoms with Crippen molar-refractivity contribution >= 4 is 21.8 Å². The minimum atomic E-state index is 0.649. The SMILES string of the molecule is COc1cc2c(-c3ccccn3)nc3c(C)[nH]nc3c2cc1OC. The molecule has 0 aliphatic heterocycles.